The smallest absolute Gasteiger partial charge is 0.0972 e. The van der Waals surface area contributed by atoms with Gasteiger partial charge in [0.2, 0.25) is 0 Å². The van der Waals surface area contributed by atoms with Crippen LogP contribution in [0, 0.1) is 0 Å². The zero-order valence-electron chi connectivity index (χ0n) is 12.9. The first-order chi connectivity index (χ1) is 11.3. The predicted molar refractivity (Wildman–Crippen MR) is 98.2 cm³/mol. The summed E-state index contributed by atoms with van der Waals surface area (Å²) in [6.07, 6.45) is 1.70. The van der Waals surface area contributed by atoms with Gasteiger partial charge in [0.15, 0.2) is 0 Å². The Morgan fingerprint density at radius 2 is 1.57 bits per heavy atom. The lowest BCUT2D eigenvalue weighted by Gasteiger charge is -2.01. The Hall–Kier alpha value is -1.78. The first-order valence-corrected chi connectivity index (χ1v) is 10.0. The molecule has 0 N–H and O–H groups in total. The van der Waals surface area contributed by atoms with Gasteiger partial charge in [-0.05, 0) is 17.5 Å². The Kier molecular flexibility index (Phi) is 5.72. The van der Waals surface area contributed by atoms with E-state index >= 15 is 0 Å². The van der Waals surface area contributed by atoms with Crippen LogP contribution in [-0.4, -0.2) is 14.9 Å². The molecule has 1 atom stereocenters. The van der Waals surface area contributed by atoms with Gasteiger partial charge in [0.05, 0.1) is 16.5 Å². The van der Waals surface area contributed by atoms with Gasteiger partial charge in [-0.2, -0.15) is 0 Å². The molecule has 4 heteroatoms. The van der Waals surface area contributed by atoms with E-state index in [9.17, 15) is 4.21 Å². The van der Waals surface area contributed by atoms with Gasteiger partial charge in [0.1, 0.15) is 0 Å². The van der Waals surface area contributed by atoms with E-state index in [0.29, 0.717) is 11.5 Å². The van der Waals surface area contributed by atoms with Gasteiger partial charge in [-0.15, -0.1) is 11.3 Å². The Labute approximate surface area is 143 Å². The molecule has 3 aromatic rings. The van der Waals surface area contributed by atoms with Crippen LogP contribution in [0.2, 0.25) is 0 Å². The molecule has 1 aromatic heterocycles. The van der Waals surface area contributed by atoms with Crippen LogP contribution in [0.5, 0.6) is 0 Å². The number of hydrogen-bond donors (Lipinski definition) is 0. The van der Waals surface area contributed by atoms with Crippen molar-refractivity contribution in [3.8, 4) is 0 Å². The SMILES string of the molecule is O=[S@@](CCc1ccccc1)Cc1csc(Cc2ccccc2)n1. The molecule has 2 nitrogen and oxygen atoms in total. The number of hydrogen-bond acceptors (Lipinski definition) is 3. The summed E-state index contributed by atoms with van der Waals surface area (Å²) >= 11 is 1.66. The highest BCUT2D eigenvalue weighted by Gasteiger charge is 2.07. The van der Waals surface area contributed by atoms with Crippen molar-refractivity contribution in [3.63, 3.8) is 0 Å². The maximum atomic E-state index is 12.2. The van der Waals surface area contributed by atoms with Crippen molar-refractivity contribution < 1.29 is 4.21 Å². The summed E-state index contributed by atoms with van der Waals surface area (Å²) in [4.78, 5) is 4.63. The Balaban J connectivity index is 1.51. The highest BCUT2D eigenvalue weighted by molar-refractivity contribution is 7.84. The third-order valence-electron chi connectivity index (χ3n) is 3.57. The number of thiazole rings is 1. The Morgan fingerprint density at radius 3 is 2.26 bits per heavy atom. The van der Waals surface area contributed by atoms with Crippen molar-refractivity contribution in [2.24, 2.45) is 0 Å². The van der Waals surface area contributed by atoms with E-state index in [1.807, 2.05) is 41.8 Å². The first-order valence-electron chi connectivity index (χ1n) is 7.66. The molecule has 0 bridgehead atoms. The summed E-state index contributed by atoms with van der Waals surface area (Å²) < 4.78 is 12.2. The third-order valence-corrected chi connectivity index (χ3v) is 5.74. The second-order valence-electron chi connectivity index (χ2n) is 5.42. The molecular weight excluding hydrogens is 322 g/mol. The average molecular weight is 342 g/mol. The number of aromatic nitrogens is 1. The van der Waals surface area contributed by atoms with Crippen LogP contribution in [-0.2, 0) is 29.4 Å². The summed E-state index contributed by atoms with van der Waals surface area (Å²) in [5.41, 5.74) is 3.45. The van der Waals surface area contributed by atoms with E-state index < -0.39 is 10.8 Å². The molecule has 2 aromatic carbocycles. The van der Waals surface area contributed by atoms with E-state index in [0.717, 1.165) is 23.5 Å². The number of benzene rings is 2. The van der Waals surface area contributed by atoms with Crippen LogP contribution in [0.3, 0.4) is 0 Å². The molecule has 23 heavy (non-hydrogen) atoms. The molecule has 0 radical (unpaired) electrons. The summed E-state index contributed by atoms with van der Waals surface area (Å²) in [5.74, 6) is 1.24. The van der Waals surface area contributed by atoms with Crippen LogP contribution in [0.4, 0.5) is 0 Å². The molecule has 0 saturated carbocycles. The van der Waals surface area contributed by atoms with Crippen LogP contribution in [0.15, 0.2) is 66.0 Å². The normalized spacial score (nSPS) is 12.2. The first kappa shape index (κ1) is 16.1. The van der Waals surface area contributed by atoms with E-state index in [4.69, 9.17) is 0 Å². The van der Waals surface area contributed by atoms with Gasteiger partial charge in [0, 0.05) is 28.4 Å². The maximum absolute atomic E-state index is 12.2. The lowest BCUT2D eigenvalue weighted by Crippen LogP contribution is -2.04. The average Bonchev–Trinajstić information content (AvgIpc) is 3.02. The van der Waals surface area contributed by atoms with Crippen LogP contribution < -0.4 is 0 Å². The largest absolute Gasteiger partial charge is 0.259 e. The minimum Gasteiger partial charge on any atom is -0.259 e. The van der Waals surface area contributed by atoms with Crippen molar-refractivity contribution in [3.05, 3.63) is 87.9 Å². The lowest BCUT2D eigenvalue weighted by atomic mass is 10.2. The second kappa shape index (κ2) is 8.18. The van der Waals surface area contributed by atoms with E-state index in [-0.39, 0.29) is 0 Å². The molecule has 1 heterocycles. The molecule has 0 saturated heterocycles. The summed E-state index contributed by atoms with van der Waals surface area (Å²) in [6, 6.07) is 20.5. The molecule has 0 aliphatic heterocycles. The fourth-order valence-corrected chi connectivity index (χ4v) is 4.40. The van der Waals surface area contributed by atoms with Gasteiger partial charge in [-0.3, -0.25) is 4.21 Å². The number of aryl methyl sites for hydroxylation is 1. The van der Waals surface area contributed by atoms with Gasteiger partial charge in [-0.1, -0.05) is 60.7 Å². The fraction of sp³-hybridized carbons (Fsp3) is 0.211. The standard InChI is InChI=1S/C19H19NOS2/c21-23(12-11-16-7-3-1-4-8-16)15-18-14-22-19(20-18)13-17-9-5-2-6-10-17/h1-10,14H,11-13,15H2/t23-/m0/s1. The van der Waals surface area contributed by atoms with Crippen molar-refractivity contribution in [2.75, 3.05) is 5.75 Å². The quantitative estimate of drug-likeness (QED) is 0.644. The minimum atomic E-state index is -0.860. The summed E-state index contributed by atoms with van der Waals surface area (Å²) in [6.45, 7) is 0. The van der Waals surface area contributed by atoms with E-state index in [1.165, 1.54) is 11.1 Å². The Bertz CT molecular complexity index is 753. The molecule has 0 spiro atoms. The highest BCUT2D eigenvalue weighted by atomic mass is 32.2. The molecule has 0 amide bonds. The van der Waals surface area contributed by atoms with Gasteiger partial charge in [-0.25, -0.2) is 4.98 Å². The predicted octanol–water partition coefficient (Wildman–Crippen LogP) is 4.23. The molecular formula is C19H19NOS2. The summed E-state index contributed by atoms with van der Waals surface area (Å²) in [7, 11) is -0.860. The lowest BCUT2D eigenvalue weighted by molar-refractivity contribution is 0.681. The fourth-order valence-electron chi connectivity index (χ4n) is 2.38. The second-order valence-corrected chi connectivity index (χ2v) is 7.94. The van der Waals surface area contributed by atoms with Crippen molar-refractivity contribution in [1.29, 1.82) is 0 Å². The molecule has 0 aliphatic carbocycles. The van der Waals surface area contributed by atoms with Crippen LogP contribution in [0.1, 0.15) is 21.8 Å². The minimum absolute atomic E-state index is 0.554. The topological polar surface area (TPSA) is 30.0 Å². The zero-order chi connectivity index (χ0) is 15.9. The van der Waals surface area contributed by atoms with Crippen molar-refractivity contribution >= 4 is 22.1 Å². The number of rotatable bonds is 7. The molecule has 0 unspecified atom stereocenters. The van der Waals surface area contributed by atoms with Gasteiger partial charge < -0.3 is 0 Å². The van der Waals surface area contributed by atoms with Crippen LogP contribution in [0.25, 0.3) is 0 Å². The maximum Gasteiger partial charge on any atom is 0.0972 e. The zero-order valence-corrected chi connectivity index (χ0v) is 14.5. The van der Waals surface area contributed by atoms with Gasteiger partial charge >= 0.3 is 0 Å². The number of nitrogens with zero attached hydrogens (tertiary/aromatic N) is 1. The molecule has 0 aliphatic rings. The van der Waals surface area contributed by atoms with E-state index in [1.54, 1.807) is 11.3 Å². The van der Waals surface area contributed by atoms with Crippen LogP contribution >= 0.6 is 11.3 Å². The monoisotopic (exact) mass is 341 g/mol. The third kappa shape index (κ3) is 5.12. The van der Waals surface area contributed by atoms with E-state index in [2.05, 4.69) is 29.2 Å². The molecule has 3 rings (SSSR count). The molecule has 118 valence electrons. The highest BCUT2D eigenvalue weighted by Crippen LogP contribution is 2.16. The van der Waals surface area contributed by atoms with Gasteiger partial charge in [0.25, 0.3) is 0 Å². The molecule has 0 fully saturated rings. The van der Waals surface area contributed by atoms with Crippen molar-refractivity contribution in [2.45, 2.75) is 18.6 Å². The Morgan fingerprint density at radius 1 is 0.913 bits per heavy atom. The summed E-state index contributed by atoms with van der Waals surface area (Å²) in [5, 5.41) is 3.13. The van der Waals surface area contributed by atoms with Crippen molar-refractivity contribution in [1.82, 2.24) is 4.98 Å².